The van der Waals surface area contributed by atoms with E-state index in [0.29, 0.717) is 12.6 Å². The van der Waals surface area contributed by atoms with Crippen LogP contribution in [0.5, 0.6) is 0 Å². The van der Waals surface area contributed by atoms with Crippen LogP contribution >= 0.6 is 0 Å². The number of amides is 1. The number of anilines is 1. The minimum absolute atomic E-state index is 0.151. The lowest BCUT2D eigenvalue weighted by Gasteiger charge is -2.35. The maximum atomic E-state index is 11.9. The molecule has 2 fully saturated rings. The Labute approximate surface area is 134 Å². The molecule has 0 atom stereocenters. The van der Waals surface area contributed by atoms with Crippen LogP contribution in [-0.2, 0) is 11.8 Å². The molecule has 4 rings (SSSR count). The summed E-state index contributed by atoms with van der Waals surface area (Å²) in [5.74, 6) is 1.09. The van der Waals surface area contributed by atoms with Gasteiger partial charge in [-0.25, -0.2) is 9.97 Å². The van der Waals surface area contributed by atoms with Crippen LogP contribution in [-0.4, -0.2) is 69.3 Å². The van der Waals surface area contributed by atoms with Gasteiger partial charge in [-0.2, -0.15) is 5.10 Å². The van der Waals surface area contributed by atoms with Gasteiger partial charge < -0.3 is 10.2 Å². The Kier molecular flexibility index (Phi) is 3.60. The molecule has 0 unspecified atom stereocenters. The number of aromatic nitrogens is 4. The molecule has 23 heavy (non-hydrogen) atoms. The summed E-state index contributed by atoms with van der Waals surface area (Å²) in [5.41, 5.74) is 0.848. The van der Waals surface area contributed by atoms with Crippen molar-refractivity contribution in [3.63, 3.8) is 0 Å². The number of nitrogens with one attached hydrogen (secondary N) is 1. The zero-order chi connectivity index (χ0) is 15.8. The lowest BCUT2D eigenvalue weighted by molar-refractivity contribution is -0.122. The van der Waals surface area contributed by atoms with Crippen molar-refractivity contribution in [3.05, 3.63) is 12.5 Å². The van der Waals surface area contributed by atoms with Gasteiger partial charge in [-0.1, -0.05) is 0 Å². The predicted molar refractivity (Wildman–Crippen MR) is 86.1 cm³/mol. The van der Waals surface area contributed by atoms with Gasteiger partial charge in [-0.3, -0.25) is 14.4 Å². The zero-order valence-corrected chi connectivity index (χ0v) is 13.3. The number of rotatable bonds is 4. The van der Waals surface area contributed by atoms with Gasteiger partial charge in [0.1, 0.15) is 12.1 Å². The molecule has 1 aliphatic heterocycles. The van der Waals surface area contributed by atoms with Crippen LogP contribution in [0, 0.1) is 0 Å². The molecule has 2 aromatic rings. The van der Waals surface area contributed by atoms with Gasteiger partial charge >= 0.3 is 0 Å². The van der Waals surface area contributed by atoms with Gasteiger partial charge in [0.2, 0.25) is 5.91 Å². The summed E-state index contributed by atoms with van der Waals surface area (Å²) < 4.78 is 1.76. The second-order valence-electron chi connectivity index (χ2n) is 6.31. The largest absolute Gasteiger partial charge is 0.353 e. The molecular weight excluding hydrogens is 294 g/mol. The maximum absolute atomic E-state index is 11.9. The molecule has 1 amide bonds. The molecule has 0 bridgehead atoms. The van der Waals surface area contributed by atoms with Crippen LogP contribution in [0.25, 0.3) is 11.0 Å². The monoisotopic (exact) mass is 315 g/mol. The standard InChI is InChI=1S/C15H21N7O/c1-20-14-12(8-18-20)15(17-10-16-14)22-6-4-21(5-7-22)9-13(23)19-11-2-3-11/h8,10-11H,2-7,9H2,1H3,(H,19,23). The highest BCUT2D eigenvalue weighted by Gasteiger charge is 2.26. The molecular formula is C15H21N7O. The number of hydrogen-bond acceptors (Lipinski definition) is 6. The molecule has 3 heterocycles. The average molecular weight is 315 g/mol. The van der Waals surface area contributed by atoms with E-state index in [0.717, 1.165) is 55.9 Å². The Bertz CT molecular complexity index is 716. The SMILES string of the molecule is Cn1ncc2c(N3CCN(CC(=O)NC4CC4)CC3)ncnc21. The first-order valence-electron chi connectivity index (χ1n) is 8.10. The van der Waals surface area contributed by atoms with E-state index in [2.05, 4.69) is 30.2 Å². The molecule has 122 valence electrons. The van der Waals surface area contributed by atoms with Gasteiger partial charge in [-0.15, -0.1) is 0 Å². The number of nitrogens with zero attached hydrogens (tertiary/aromatic N) is 6. The fourth-order valence-corrected chi connectivity index (χ4v) is 3.02. The van der Waals surface area contributed by atoms with Gasteiger partial charge in [0.25, 0.3) is 0 Å². The molecule has 1 saturated carbocycles. The zero-order valence-electron chi connectivity index (χ0n) is 13.3. The molecule has 8 heteroatoms. The average Bonchev–Trinajstić information content (AvgIpc) is 3.29. The van der Waals surface area contributed by atoms with Crippen LogP contribution in [0.2, 0.25) is 0 Å². The first kappa shape index (κ1) is 14.4. The van der Waals surface area contributed by atoms with Crippen molar-refractivity contribution in [3.8, 4) is 0 Å². The normalized spacial score (nSPS) is 19.3. The number of hydrogen-bond donors (Lipinski definition) is 1. The first-order valence-corrected chi connectivity index (χ1v) is 8.10. The molecule has 0 aromatic carbocycles. The number of fused-ring (bicyclic) bond motifs is 1. The van der Waals surface area contributed by atoms with E-state index in [1.54, 1.807) is 11.0 Å². The van der Waals surface area contributed by atoms with Crippen molar-refractivity contribution >= 4 is 22.8 Å². The summed E-state index contributed by atoms with van der Waals surface area (Å²) in [5, 5.41) is 8.29. The van der Waals surface area contributed by atoms with Crippen molar-refractivity contribution in [2.24, 2.45) is 7.05 Å². The highest BCUT2D eigenvalue weighted by Crippen LogP contribution is 2.23. The van der Waals surface area contributed by atoms with Crippen molar-refractivity contribution in [1.82, 2.24) is 30.0 Å². The number of aryl methyl sites for hydroxylation is 1. The van der Waals surface area contributed by atoms with Crippen molar-refractivity contribution < 1.29 is 4.79 Å². The third-order valence-electron chi connectivity index (χ3n) is 4.49. The van der Waals surface area contributed by atoms with Crippen molar-refractivity contribution in [1.29, 1.82) is 0 Å². The Morgan fingerprint density at radius 2 is 2.04 bits per heavy atom. The molecule has 1 N–H and O–H groups in total. The van der Waals surface area contributed by atoms with Gasteiger partial charge in [0, 0.05) is 39.3 Å². The fourth-order valence-electron chi connectivity index (χ4n) is 3.02. The van der Waals surface area contributed by atoms with Crippen molar-refractivity contribution in [2.75, 3.05) is 37.6 Å². The summed E-state index contributed by atoms with van der Waals surface area (Å²) in [7, 11) is 1.88. The molecule has 0 spiro atoms. The Morgan fingerprint density at radius 3 is 2.78 bits per heavy atom. The highest BCUT2D eigenvalue weighted by molar-refractivity contribution is 5.86. The van der Waals surface area contributed by atoms with E-state index in [1.807, 2.05) is 13.2 Å². The Balaban J connectivity index is 1.39. The molecule has 0 radical (unpaired) electrons. The van der Waals surface area contributed by atoms with Crippen LogP contribution in [0.3, 0.4) is 0 Å². The van der Waals surface area contributed by atoms with E-state index < -0.39 is 0 Å². The van der Waals surface area contributed by atoms with Crippen LogP contribution < -0.4 is 10.2 Å². The summed E-state index contributed by atoms with van der Waals surface area (Å²) in [6, 6.07) is 0.434. The minimum Gasteiger partial charge on any atom is -0.353 e. The Morgan fingerprint density at radius 1 is 1.26 bits per heavy atom. The molecule has 2 aromatic heterocycles. The van der Waals surface area contributed by atoms with E-state index in [4.69, 9.17) is 0 Å². The third-order valence-corrected chi connectivity index (χ3v) is 4.49. The summed E-state index contributed by atoms with van der Waals surface area (Å²) in [6.07, 6.45) is 5.68. The van der Waals surface area contributed by atoms with Crippen LogP contribution in [0.1, 0.15) is 12.8 Å². The van der Waals surface area contributed by atoms with Crippen LogP contribution in [0.15, 0.2) is 12.5 Å². The second kappa shape index (κ2) is 5.77. The highest BCUT2D eigenvalue weighted by atomic mass is 16.2. The quantitative estimate of drug-likeness (QED) is 0.839. The predicted octanol–water partition coefficient (Wildman–Crippen LogP) is -0.236. The first-order chi connectivity index (χ1) is 11.2. The van der Waals surface area contributed by atoms with E-state index in [1.165, 1.54) is 0 Å². The van der Waals surface area contributed by atoms with Gasteiger partial charge in [0.15, 0.2) is 5.65 Å². The smallest absolute Gasteiger partial charge is 0.234 e. The minimum atomic E-state index is 0.151. The number of carbonyl (C=O) groups excluding carboxylic acids is 1. The lowest BCUT2D eigenvalue weighted by Crippen LogP contribution is -2.50. The lowest BCUT2D eigenvalue weighted by atomic mass is 10.2. The second-order valence-corrected chi connectivity index (χ2v) is 6.31. The van der Waals surface area contributed by atoms with Crippen LogP contribution in [0.4, 0.5) is 5.82 Å². The van der Waals surface area contributed by atoms with Gasteiger partial charge in [-0.05, 0) is 12.8 Å². The maximum Gasteiger partial charge on any atom is 0.234 e. The van der Waals surface area contributed by atoms with E-state index >= 15 is 0 Å². The molecule has 1 saturated heterocycles. The molecule has 1 aliphatic carbocycles. The fraction of sp³-hybridized carbons (Fsp3) is 0.600. The Hall–Kier alpha value is -2.22. The van der Waals surface area contributed by atoms with Crippen molar-refractivity contribution in [2.45, 2.75) is 18.9 Å². The number of piperazine rings is 1. The van der Waals surface area contributed by atoms with Gasteiger partial charge in [0.05, 0.1) is 18.1 Å². The summed E-state index contributed by atoms with van der Waals surface area (Å²) in [6.45, 7) is 3.94. The summed E-state index contributed by atoms with van der Waals surface area (Å²) in [4.78, 5) is 25.1. The third kappa shape index (κ3) is 2.98. The van der Waals surface area contributed by atoms with E-state index in [9.17, 15) is 4.79 Å². The molecule has 8 nitrogen and oxygen atoms in total. The summed E-state index contributed by atoms with van der Waals surface area (Å²) >= 11 is 0. The molecule has 2 aliphatic rings. The number of carbonyl (C=O) groups is 1. The topological polar surface area (TPSA) is 79.2 Å². The van der Waals surface area contributed by atoms with E-state index in [-0.39, 0.29) is 5.91 Å².